The van der Waals surface area contributed by atoms with Crippen LogP contribution in [0.5, 0.6) is 0 Å². The maximum atomic E-state index is 11.9. The predicted octanol–water partition coefficient (Wildman–Crippen LogP) is 4.45. The highest BCUT2D eigenvalue weighted by Crippen LogP contribution is 2.28. The molecule has 0 aliphatic heterocycles. The molecule has 3 rings (SSSR count). The molecule has 112 valence electrons. The zero-order chi connectivity index (χ0) is 15.4. The van der Waals surface area contributed by atoms with Gasteiger partial charge in [-0.05, 0) is 23.9 Å². The quantitative estimate of drug-likeness (QED) is 0.547. The second kappa shape index (κ2) is 7.04. The van der Waals surface area contributed by atoms with E-state index in [2.05, 4.69) is 46.7 Å². The molecule has 1 amide bonds. The van der Waals surface area contributed by atoms with Gasteiger partial charge in [0.2, 0.25) is 5.13 Å². The smallest absolute Gasteiger partial charge is 0.267 e. The van der Waals surface area contributed by atoms with Gasteiger partial charge in [-0.3, -0.25) is 10.1 Å². The highest BCUT2D eigenvalue weighted by molar-refractivity contribution is 8.00. The molecule has 0 fully saturated rings. The number of benzene rings is 1. The summed E-state index contributed by atoms with van der Waals surface area (Å²) in [5, 5.41) is 13.3. The Balaban J connectivity index is 1.57. The normalized spacial score (nSPS) is 10.6. The molecule has 22 heavy (non-hydrogen) atoms. The van der Waals surface area contributed by atoms with E-state index in [1.807, 2.05) is 11.4 Å². The Morgan fingerprint density at radius 1 is 1.23 bits per heavy atom. The lowest BCUT2D eigenvalue weighted by atomic mass is 10.2. The fourth-order valence-electron chi connectivity index (χ4n) is 1.71. The van der Waals surface area contributed by atoms with Gasteiger partial charge in [0.15, 0.2) is 4.34 Å². The van der Waals surface area contributed by atoms with Crippen molar-refractivity contribution < 1.29 is 4.79 Å². The summed E-state index contributed by atoms with van der Waals surface area (Å²) >= 11 is 4.42. The van der Waals surface area contributed by atoms with Crippen molar-refractivity contribution in [2.45, 2.75) is 17.0 Å². The molecule has 3 aromatic rings. The molecule has 4 nitrogen and oxygen atoms in total. The van der Waals surface area contributed by atoms with E-state index in [0.717, 1.165) is 10.1 Å². The van der Waals surface area contributed by atoms with Gasteiger partial charge in [0.1, 0.15) is 0 Å². The van der Waals surface area contributed by atoms with Gasteiger partial charge in [-0.1, -0.05) is 59.0 Å². The largest absolute Gasteiger partial charge is 0.296 e. The monoisotopic (exact) mass is 347 g/mol. The molecular weight excluding hydrogens is 334 g/mol. The van der Waals surface area contributed by atoms with Crippen molar-refractivity contribution in [2.75, 3.05) is 5.32 Å². The topological polar surface area (TPSA) is 54.9 Å². The Morgan fingerprint density at radius 3 is 2.77 bits per heavy atom. The Labute approximate surface area is 140 Å². The van der Waals surface area contributed by atoms with Gasteiger partial charge in [-0.25, -0.2) is 0 Å². The zero-order valence-corrected chi connectivity index (χ0v) is 14.2. The average Bonchev–Trinajstić information content (AvgIpc) is 3.18. The summed E-state index contributed by atoms with van der Waals surface area (Å²) in [4.78, 5) is 12.6. The van der Waals surface area contributed by atoms with Crippen molar-refractivity contribution in [2.24, 2.45) is 0 Å². The van der Waals surface area contributed by atoms with Crippen molar-refractivity contribution in [1.29, 1.82) is 0 Å². The molecule has 2 aromatic heterocycles. The molecule has 1 aromatic carbocycles. The summed E-state index contributed by atoms with van der Waals surface area (Å²) in [6.45, 7) is 2.07. The van der Waals surface area contributed by atoms with Crippen LogP contribution >= 0.6 is 34.4 Å². The van der Waals surface area contributed by atoms with Crippen molar-refractivity contribution in [1.82, 2.24) is 10.2 Å². The number of thiophene rings is 1. The molecule has 0 bridgehead atoms. The van der Waals surface area contributed by atoms with E-state index in [-0.39, 0.29) is 5.91 Å². The zero-order valence-electron chi connectivity index (χ0n) is 11.8. The minimum atomic E-state index is -0.138. The van der Waals surface area contributed by atoms with Crippen LogP contribution in [0.1, 0.15) is 20.8 Å². The summed E-state index contributed by atoms with van der Waals surface area (Å²) in [6, 6.07) is 12.1. The van der Waals surface area contributed by atoms with Crippen LogP contribution in [-0.4, -0.2) is 16.1 Å². The number of anilines is 1. The molecule has 0 saturated heterocycles. The number of hydrogen-bond acceptors (Lipinski definition) is 6. The SMILES string of the molecule is Cc1ccc(CSc2nnc(NC(=O)c3cccs3)s2)cc1. The Hall–Kier alpha value is -1.70. The fourth-order valence-corrected chi connectivity index (χ4v) is 4.04. The summed E-state index contributed by atoms with van der Waals surface area (Å²) in [7, 11) is 0. The number of nitrogens with one attached hydrogen (secondary N) is 1. The molecule has 0 atom stereocenters. The highest BCUT2D eigenvalue weighted by Gasteiger charge is 2.11. The Kier molecular flexibility index (Phi) is 4.87. The van der Waals surface area contributed by atoms with Gasteiger partial charge in [0.25, 0.3) is 5.91 Å². The minimum Gasteiger partial charge on any atom is -0.296 e. The number of hydrogen-bond donors (Lipinski definition) is 1. The molecule has 2 heterocycles. The standard InChI is InChI=1S/C15H13N3OS3/c1-10-4-6-11(7-5-10)9-21-15-18-17-14(22-15)16-13(19)12-3-2-8-20-12/h2-8H,9H2,1H3,(H,16,17,19). The number of carbonyl (C=O) groups excluding carboxylic acids is 1. The van der Waals surface area contributed by atoms with Gasteiger partial charge in [-0.15, -0.1) is 21.5 Å². The van der Waals surface area contributed by atoms with Gasteiger partial charge in [0.05, 0.1) is 4.88 Å². The number of rotatable bonds is 5. The first-order valence-electron chi connectivity index (χ1n) is 6.57. The third kappa shape index (κ3) is 3.94. The van der Waals surface area contributed by atoms with Crippen molar-refractivity contribution in [3.63, 3.8) is 0 Å². The molecular formula is C15H13N3OS3. The van der Waals surface area contributed by atoms with Crippen LogP contribution in [0, 0.1) is 6.92 Å². The molecule has 7 heteroatoms. The summed E-state index contributed by atoms with van der Waals surface area (Å²) < 4.78 is 0.849. The number of nitrogens with zero attached hydrogens (tertiary/aromatic N) is 2. The van der Waals surface area contributed by atoms with Crippen LogP contribution in [0.25, 0.3) is 0 Å². The number of thioether (sulfide) groups is 1. The summed E-state index contributed by atoms with van der Waals surface area (Å²) in [5.41, 5.74) is 2.50. The van der Waals surface area contributed by atoms with Crippen molar-refractivity contribution in [3.05, 3.63) is 57.8 Å². The van der Waals surface area contributed by atoms with E-state index in [9.17, 15) is 4.79 Å². The minimum absolute atomic E-state index is 0.138. The fraction of sp³-hybridized carbons (Fsp3) is 0.133. The van der Waals surface area contributed by atoms with E-state index in [4.69, 9.17) is 0 Å². The first kappa shape index (κ1) is 15.2. The summed E-state index contributed by atoms with van der Waals surface area (Å²) in [5.74, 6) is 0.703. The molecule has 0 aliphatic rings. The number of aryl methyl sites for hydroxylation is 1. The van der Waals surface area contributed by atoms with Crippen LogP contribution in [0.2, 0.25) is 0 Å². The molecule has 1 N–H and O–H groups in total. The lowest BCUT2D eigenvalue weighted by Crippen LogP contribution is -2.09. The number of amides is 1. The molecule has 0 spiro atoms. The van der Waals surface area contributed by atoms with E-state index < -0.39 is 0 Å². The van der Waals surface area contributed by atoms with Crippen molar-refractivity contribution >= 4 is 45.5 Å². The van der Waals surface area contributed by atoms with Crippen LogP contribution in [-0.2, 0) is 5.75 Å². The lowest BCUT2D eigenvalue weighted by Gasteiger charge is -1.99. The lowest BCUT2D eigenvalue weighted by molar-refractivity contribution is 0.103. The van der Waals surface area contributed by atoms with E-state index in [1.54, 1.807) is 17.8 Å². The molecule has 0 radical (unpaired) electrons. The molecule has 0 aliphatic carbocycles. The van der Waals surface area contributed by atoms with E-state index >= 15 is 0 Å². The van der Waals surface area contributed by atoms with E-state index in [0.29, 0.717) is 10.0 Å². The second-order valence-electron chi connectivity index (χ2n) is 4.58. The van der Waals surface area contributed by atoms with Crippen LogP contribution < -0.4 is 5.32 Å². The summed E-state index contributed by atoms with van der Waals surface area (Å²) in [6.07, 6.45) is 0. The average molecular weight is 347 g/mol. The Morgan fingerprint density at radius 2 is 2.05 bits per heavy atom. The van der Waals surface area contributed by atoms with E-state index in [1.165, 1.54) is 33.8 Å². The van der Waals surface area contributed by atoms with Gasteiger partial charge in [0, 0.05) is 5.75 Å². The van der Waals surface area contributed by atoms with Gasteiger partial charge in [-0.2, -0.15) is 0 Å². The number of carbonyl (C=O) groups is 1. The van der Waals surface area contributed by atoms with Crippen LogP contribution in [0.3, 0.4) is 0 Å². The van der Waals surface area contributed by atoms with Gasteiger partial charge >= 0.3 is 0 Å². The molecule has 0 saturated carbocycles. The van der Waals surface area contributed by atoms with Crippen LogP contribution in [0.4, 0.5) is 5.13 Å². The first-order chi connectivity index (χ1) is 10.7. The molecule has 0 unspecified atom stereocenters. The van der Waals surface area contributed by atoms with Crippen LogP contribution in [0.15, 0.2) is 46.1 Å². The third-order valence-corrected chi connectivity index (χ3v) is 5.77. The number of aromatic nitrogens is 2. The maximum absolute atomic E-state index is 11.9. The predicted molar refractivity (Wildman–Crippen MR) is 92.9 cm³/mol. The van der Waals surface area contributed by atoms with Gasteiger partial charge < -0.3 is 0 Å². The Bertz CT molecular complexity index is 751. The highest BCUT2D eigenvalue weighted by atomic mass is 32.2. The van der Waals surface area contributed by atoms with Crippen molar-refractivity contribution in [3.8, 4) is 0 Å². The third-order valence-electron chi connectivity index (χ3n) is 2.85. The second-order valence-corrected chi connectivity index (χ2v) is 7.73. The maximum Gasteiger partial charge on any atom is 0.267 e. The first-order valence-corrected chi connectivity index (χ1v) is 9.25.